The summed E-state index contributed by atoms with van der Waals surface area (Å²) in [5.41, 5.74) is 6.19. The third-order valence-corrected chi connectivity index (χ3v) is 10.6. The predicted octanol–water partition coefficient (Wildman–Crippen LogP) is 2.66. The second-order valence-corrected chi connectivity index (χ2v) is 12.7. The maximum atomic E-state index is 14.4. The maximum absolute atomic E-state index is 14.4. The fraction of sp³-hybridized carbons (Fsp3) is 0.667. The molecule has 1 aromatic rings. The van der Waals surface area contributed by atoms with Crippen molar-refractivity contribution in [3.8, 4) is 0 Å². The van der Waals surface area contributed by atoms with Crippen LogP contribution in [0.25, 0.3) is 0 Å². The van der Waals surface area contributed by atoms with Crippen molar-refractivity contribution in [2.24, 2.45) is 23.5 Å². The van der Waals surface area contributed by atoms with Crippen molar-refractivity contribution in [1.29, 1.82) is 0 Å². The van der Waals surface area contributed by atoms with Gasteiger partial charge in [-0.3, -0.25) is 9.59 Å². The van der Waals surface area contributed by atoms with Crippen molar-refractivity contribution >= 4 is 27.5 Å². The molecule has 0 aromatic heterocycles. The predicted molar refractivity (Wildman–Crippen MR) is 122 cm³/mol. The molecule has 32 heavy (non-hydrogen) atoms. The number of amides is 2. The molecule has 6 rings (SSSR count). The van der Waals surface area contributed by atoms with Gasteiger partial charge in [-0.25, -0.2) is 12.7 Å². The Balaban J connectivity index is 1.55. The molecule has 8 heteroatoms. The molecule has 174 valence electrons. The molecule has 1 heterocycles. The van der Waals surface area contributed by atoms with Gasteiger partial charge in [0.1, 0.15) is 6.04 Å². The lowest BCUT2D eigenvalue weighted by Gasteiger charge is -2.56. The molecule has 5 fully saturated rings. The molecule has 2 atom stereocenters. The quantitative estimate of drug-likeness (QED) is 0.730. The fourth-order valence-corrected chi connectivity index (χ4v) is 9.66. The number of carbonyl (C=O) groups is 2. The number of hydrogen-bond donors (Lipinski definition) is 1. The molecule has 1 aliphatic heterocycles. The first-order valence-corrected chi connectivity index (χ1v) is 13.4. The van der Waals surface area contributed by atoms with Crippen LogP contribution in [-0.4, -0.2) is 48.5 Å². The minimum Gasteiger partial charge on any atom is -0.329 e. The molecule has 2 amide bonds. The summed E-state index contributed by atoms with van der Waals surface area (Å²) in [5, 5.41) is 0. The molecule has 5 aliphatic rings. The van der Waals surface area contributed by atoms with E-state index in [2.05, 4.69) is 0 Å². The van der Waals surface area contributed by atoms with Crippen molar-refractivity contribution in [3.63, 3.8) is 0 Å². The summed E-state index contributed by atoms with van der Waals surface area (Å²) in [5.74, 6) is 0.490. The molecule has 0 spiro atoms. The van der Waals surface area contributed by atoms with E-state index in [0.717, 1.165) is 23.6 Å². The fourth-order valence-electron chi connectivity index (χ4n) is 7.17. The van der Waals surface area contributed by atoms with Crippen molar-refractivity contribution in [2.45, 2.75) is 75.1 Å². The molecule has 0 unspecified atom stereocenters. The van der Waals surface area contributed by atoms with E-state index in [0.29, 0.717) is 62.1 Å². The van der Waals surface area contributed by atoms with Crippen molar-refractivity contribution in [3.05, 3.63) is 30.3 Å². The van der Waals surface area contributed by atoms with Gasteiger partial charge in [-0.1, -0.05) is 18.2 Å². The SMILES string of the molecule is C[C@H](N)C(=O)N1CCC[C@H]1C(=O)N(c1ccccc1)S(=O)(=O)C12CC3CC(CC(C3)C1)C2. The molecule has 4 aliphatic carbocycles. The van der Waals surface area contributed by atoms with Crippen LogP contribution in [-0.2, 0) is 19.6 Å². The monoisotopic (exact) mass is 459 g/mol. The summed E-state index contributed by atoms with van der Waals surface area (Å²) in [4.78, 5) is 28.1. The number of para-hydroxylation sites is 1. The molecule has 4 bridgehead atoms. The smallest absolute Gasteiger partial charge is 0.263 e. The summed E-state index contributed by atoms with van der Waals surface area (Å²) in [6, 6.07) is 7.16. The van der Waals surface area contributed by atoms with Crippen LogP contribution < -0.4 is 10.0 Å². The third-order valence-electron chi connectivity index (χ3n) is 8.17. The minimum absolute atomic E-state index is 0.305. The van der Waals surface area contributed by atoms with E-state index >= 15 is 0 Å². The first-order chi connectivity index (χ1) is 15.2. The summed E-state index contributed by atoms with van der Waals surface area (Å²) in [6.07, 6.45) is 6.40. The molecule has 4 saturated carbocycles. The largest absolute Gasteiger partial charge is 0.329 e. The maximum Gasteiger partial charge on any atom is 0.263 e. The average Bonchev–Trinajstić information content (AvgIpc) is 3.22. The topological polar surface area (TPSA) is 101 Å². The van der Waals surface area contributed by atoms with Crippen LogP contribution in [0.15, 0.2) is 30.3 Å². The first kappa shape index (κ1) is 21.9. The van der Waals surface area contributed by atoms with Gasteiger partial charge in [-0.2, -0.15) is 0 Å². The van der Waals surface area contributed by atoms with Gasteiger partial charge in [0.15, 0.2) is 0 Å². The highest BCUT2D eigenvalue weighted by Crippen LogP contribution is 2.59. The van der Waals surface area contributed by atoms with E-state index in [1.54, 1.807) is 31.2 Å². The van der Waals surface area contributed by atoms with Gasteiger partial charge in [-0.15, -0.1) is 0 Å². The number of rotatable bonds is 5. The van der Waals surface area contributed by atoms with Gasteiger partial charge >= 0.3 is 0 Å². The number of benzene rings is 1. The summed E-state index contributed by atoms with van der Waals surface area (Å²) in [7, 11) is -3.96. The summed E-state index contributed by atoms with van der Waals surface area (Å²) >= 11 is 0. The van der Waals surface area contributed by atoms with Gasteiger partial charge < -0.3 is 10.6 Å². The second-order valence-electron chi connectivity index (χ2n) is 10.5. The van der Waals surface area contributed by atoms with Crippen molar-refractivity contribution in [1.82, 2.24) is 4.90 Å². The van der Waals surface area contributed by atoms with Gasteiger partial charge in [0, 0.05) is 6.54 Å². The number of hydrogen-bond acceptors (Lipinski definition) is 5. The number of likely N-dealkylation sites (tertiary alicyclic amines) is 1. The molecule has 7 nitrogen and oxygen atoms in total. The normalized spacial score (nSPS) is 34.5. The Morgan fingerprint density at radius 2 is 1.62 bits per heavy atom. The summed E-state index contributed by atoms with van der Waals surface area (Å²) < 4.78 is 28.9. The number of sulfonamides is 1. The Bertz CT molecular complexity index is 972. The van der Waals surface area contributed by atoms with Crippen LogP contribution >= 0.6 is 0 Å². The van der Waals surface area contributed by atoms with Gasteiger partial charge in [0.25, 0.3) is 5.91 Å². The highest BCUT2D eigenvalue weighted by Gasteiger charge is 2.60. The lowest BCUT2D eigenvalue weighted by atomic mass is 9.56. The van der Waals surface area contributed by atoms with Gasteiger partial charge in [0.2, 0.25) is 15.9 Å². The average molecular weight is 460 g/mol. The highest BCUT2D eigenvalue weighted by molar-refractivity contribution is 7.95. The lowest BCUT2D eigenvalue weighted by Crippen LogP contribution is -2.62. The molecule has 1 saturated heterocycles. The Labute approximate surface area is 190 Å². The molecule has 0 radical (unpaired) electrons. The number of nitrogens with zero attached hydrogens (tertiary/aromatic N) is 2. The van der Waals surface area contributed by atoms with Crippen LogP contribution in [0.4, 0.5) is 5.69 Å². The third kappa shape index (κ3) is 3.37. The van der Waals surface area contributed by atoms with Gasteiger partial charge in [-0.05, 0) is 88.2 Å². The molecule has 2 N–H and O–H groups in total. The lowest BCUT2D eigenvalue weighted by molar-refractivity contribution is -0.137. The van der Waals surface area contributed by atoms with Crippen LogP contribution in [0.3, 0.4) is 0 Å². The van der Waals surface area contributed by atoms with Crippen LogP contribution in [0.5, 0.6) is 0 Å². The Morgan fingerprint density at radius 1 is 1.06 bits per heavy atom. The van der Waals surface area contributed by atoms with Crippen molar-refractivity contribution < 1.29 is 18.0 Å². The van der Waals surface area contributed by atoms with Crippen molar-refractivity contribution in [2.75, 3.05) is 10.8 Å². The number of carbonyl (C=O) groups excluding carboxylic acids is 2. The number of anilines is 1. The minimum atomic E-state index is -3.96. The molecular weight excluding hydrogens is 426 g/mol. The van der Waals surface area contributed by atoms with Crippen LogP contribution in [0, 0.1) is 17.8 Å². The second kappa shape index (κ2) is 7.83. The molecular formula is C24H33N3O4S. The van der Waals surface area contributed by atoms with Gasteiger partial charge in [0.05, 0.1) is 16.5 Å². The van der Waals surface area contributed by atoms with E-state index in [1.807, 2.05) is 6.07 Å². The molecule has 1 aromatic carbocycles. The standard InChI is InChI=1S/C24H33N3O4S/c1-16(25)22(28)26-9-5-8-21(26)23(29)27(20-6-3-2-4-7-20)32(30,31)24-13-17-10-18(14-24)12-19(11-17)15-24/h2-4,6-7,16-19,21H,5,8-15,25H2,1H3/t16-,17?,18?,19?,21-,24?/m0/s1. The highest BCUT2D eigenvalue weighted by atomic mass is 32.2. The first-order valence-electron chi connectivity index (χ1n) is 11.9. The Kier molecular flexibility index (Phi) is 5.36. The van der Waals surface area contributed by atoms with E-state index < -0.39 is 32.8 Å². The Hall–Kier alpha value is -1.93. The van der Waals surface area contributed by atoms with E-state index in [9.17, 15) is 18.0 Å². The zero-order valence-corrected chi connectivity index (χ0v) is 19.5. The zero-order chi connectivity index (χ0) is 22.7. The summed E-state index contributed by atoms with van der Waals surface area (Å²) in [6.45, 7) is 2.03. The van der Waals surface area contributed by atoms with Crippen LogP contribution in [0.1, 0.15) is 58.3 Å². The zero-order valence-electron chi connectivity index (χ0n) is 18.7. The van der Waals surface area contributed by atoms with E-state index in [1.165, 1.54) is 4.90 Å². The Morgan fingerprint density at radius 3 is 2.16 bits per heavy atom. The van der Waals surface area contributed by atoms with Crippen LogP contribution in [0.2, 0.25) is 0 Å². The van der Waals surface area contributed by atoms with E-state index in [-0.39, 0.29) is 5.91 Å². The van der Waals surface area contributed by atoms with E-state index in [4.69, 9.17) is 5.73 Å². The number of nitrogens with two attached hydrogens (primary N) is 1.